The van der Waals surface area contributed by atoms with E-state index in [-0.39, 0.29) is 26.9 Å². The largest absolute Gasteiger partial charge is 0.294 e. The smallest absolute Gasteiger partial charge is 0.263 e. The first-order chi connectivity index (χ1) is 6.97. The predicted octanol–water partition coefficient (Wildman–Crippen LogP) is 3.46. The molecule has 1 rings (SSSR count). The monoisotopic (exact) mass is 273 g/mol. The van der Waals surface area contributed by atoms with Crippen LogP contribution in [0.3, 0.4) is 0 Å². The van der Waals surface area contributed by atoms with Crippen LogP contribution in [0.4, 0.5) is 8.78 Å². The average molecular weight is 274 g/mol. The van der Waals surface area contributed by atoms with E-state index in [1.54, 1.807) is 6.07 Å². The number of halogens is 3. The van der Waals surface area contributed by atoms with Gasteiger partial charge in [-0.15, -0.1) is 0 Å². The third kappa shape index (κ3) is 2.39. The number of benzene rings is 1. The molecule has 0 aliphatic heterocycles. The lowest BCUT2D eigenvalue weighted by Gasteiger charge is -2.06. The molecule has 0 N–H and O–H groups in total. The first-order valence-electron chi connectivity index (χ1n) is 4.00. The van der Waals surface area contributed by atoms with Crippen molar-refractivity contribution in [3.8, 4) is 6.07 Å². The molecule has 0 atom stereocenters. The van der Waals surface area contributed by atoms with Gasteiger partial charge >= 0.3 is 0 Å². The Labute approximate surface area is 93.6 Å². The van der Waals surface area contributed by atoms with Gasteiger partial charge in [0.05, 0.1) is 5.56 Å². The molecule has 0 unspecified atom stereocenters. The maximum atomic E-state index is 12.4. The summed E-state index contributed by atoms with van der Waals surface area (Å²) >= 11 is 3.04. The molecule has 78 valence electrons. The maximum Gasteiger partial charge on any atom is 0.263 e. The quantitative estimate of drug-likeness (QED) is 0.775. The number of nitriles is 1. The van der Waals surface area contributed by atoms with Crippen molar-refractivity contribution in [2.24, 2.45) is 0 Å². The molecule has 0 saturated carbocycles. The Kier molecular flexibility index (Phi) is 3.53. The van der Waals surface area contributed by atoms with E-state index >= 15 is 0 Å². The molecule has 5 heteroatoms. The van der Waals surface area contributed by atoms with E-state index < -0.39 is 6.43 Å². The SMILES string of the molecule is CC(=O)c1cc(C(F)F)cc(C#N)c1Br. The van der Waals surface area contributed by atoms with E-state index in [4.69, 9.17) is 5.26 Å². The van der Waals surface area contributed by atoms with Crippen molar-refractivity contribution >= 4 is 21.7 Å². The zero-order valence-corrected chi connectivity index (χ0v) is 9.31. The lowest BCUT2D eigenvalue weighted by Crippen LogP contribution is -1.99. The zero-order valence-electron chi connectivity index (χ0n) is 7.72. The maximum absolute atomic E-state index is 12.4. The molecule has 0 saturated heterocycles. The molecular formula is C10H6BrF2NO. The van der Waals surface area contributed by atoms with Gasteiger partial charge in [0, 0.05) is 15.6 Å². The molecular weight excluding hydrogens is 268 g/mol. The van der Waals surface area contributed by atoms with E-state index in [9.17, 15) is 13.6 Å². The van der Waals surface area contributed by atoms with Gasteiger partial charge in [0.25, 0.3) is 6.43 Å². The van der Waals surface area contributed by atoms with Gasteiger partial charge in [0.1, 0.15) is 6.07 Å². The average Bonchev–Trinajstić information content (AvgIpc) is 2.17. The number of nitrogens with zero attached hydrogens (tertiary/aromatic N) is 1. The summed E-state index contributed by atoms with van der Waals surface area (Å²) in [5, 5.41) is 8.69. The van der Waals surface area contributed by atoms with Crippen LogP contribution >= 0.6 is 15.9 Å². The van der Waals surface area contributed by atoms with Crippen molar-refractivity contribution in [1.82, 2.24) is 0 Å². The van der Waals surface area contributed by atoms with Crippen molar-refractivity contribution in [3.63, 3.8) is 0 Å². The highest BCUT2D eigenvalue weighted by molar-refractivity contribution is 9.10. The van der Waals surface area contributed by atoms with Gasteiger partial charge in [-0.1, -0.05) is 0 Å². The number of Topliss-reactive ketones (excluding diaryl/α,β-unsaturated/α-hetero) is 1. The Hall–Kier alpha value is -1.28. The summed E-state index contributed by atoms with van der Waals surface area (Å²) in [5.41, 5.74) is -0.178. The number of hydrogen-bond donors (Lipinski definition) is 0. The van der Waals surface area contributed by atoms with E-state index in [0.29, 0.717) is 0 Å². The second-order valence-corrected chi connectivity index (χ2v) is 3.69. The van der Waals surface area contributed by atoms with Crippen molar-refractivity contribution < 1.29 is 13.6 Å². The Bertz CT molecular complexity index is 451. The number of ketones is 1. The third-order valence-electron chi connectivity index (χ3n) is 1.85. The van der Waals surface area contributed by atoms with Crippen LogP contribution < -0.4 is 0 Å². The summed E-state index contributed by atoms with van der Waals surface area (Å²) in [6.07, 6.45) is -2.69. The van der Waals surface area contributed by atoms with Gasteiger partial charge in [-0.2, -0.15) is 5.26 Å². The van der Waals surface area contributed by atoms with Crippen LogP contribution in [0.2, 0.25) is 0 Å². The van der Waals surface area contributed by atoms with E-state index in [2.05, 4.69) is 15.9 Å². The Morgan fingerprint density at radius 3 is 2.53 bits per heavy atom. The summed E-state index contributed by atoms with van der Waals surface area (Å²) in [6.45, 7) is 1.26. The minimum Gasteiger partial charge on any atom is -0.294 e. The second kappa shape index (κ2) is 4.49. The lowest BCUT2D eigenvalue weighted by molar-refractivity contribution is 0.101. The van der Waals surface area contributed by atoms with Gasteiger partial charge in [0.2, 0.25) is 0 Å². The second-order valence-electron chi connectivity index (χ2n) is 2.90. The fourth-order valence-electron chi connectivity index (χ4n) is 1.11. The van der Waals surface area contributed by atoms with Crippen molar-refractivity contribution in [1.29, 1.82) is 5.26 Å². The summed E-state index contributed by atoms with van der Waals surface area (Å²) in [4.78, 5) is 11.1. The predicted molar refractivity (Wildman–Crippen MR) is 53.8 cm³/mol. The van der Waals surface area contributed by atoms with Crippen LogP contribution in [-0.2, 0) is 0 Å². The molecule has 0 radical (unpaired) electrons. The van der Waals surface area contributed by atoms with Gasteiger partial charge in [-0.25, -0.2) is 8.78 Å². The molecule has 2 nitrogen and oxygen atoms in total. The molecule has 1 aromatic rings. The van der Waals surface area contributed by atoms with E-state index in [1.165, 1.54) is 6.92 Å². The van der Waals surface area contributed by atoms with Crippen molar-refractivity contribution in [2.45, 2.75) is 13.3 Å². The van der Waals surface area contributed by atoms with Gasteiger partial charge < -0.3 is 0 Å². The number of carbonyl (C=O) groups is 1. The molecule has 0 amide bonds. The summed E-state index contributed by atoms with van der Waals surface area (Å²) in [5.74, 6) is -0.360. The van der Waals surface area contributed by atoms with E-state index in [1.807, 2.05) is 0 Å². The summed E-state index contributed by atoms with van der Waals surface area (Å²) < 4.78 is 25.1. The molecule has 0 fully saturated rings. The number of hydrogen-bond acceptors (Lipinski definition) is 2. The van der Waals surface area contributed by atoms with Crippen LogP contribution in [-0.4, -0.2) is 5.78 Å². The topological polar surface area (TPSA) is 40.9 Å². The van der Waals surface area contributed by atoms with Crippen LogP contribution in [0.15, 0.2) is 16.6 Å². The fraction of sp³-hybridized carbons (Fsp3) is 0.200. The van der Waals surface area contributed by atoms with E-state index in [0.717, 1.165) is 12.1 Å². The highest BCUT2D eigenvalue weighted by atomic mass is 79.9. The lowest BCUT2D eigenvalue weighted by atomic mass is 10.0. The molecule has 0 spiro atoms. The third-order valence-corrected chi connectivity index (χ3v) is 2.70. The van der Waals surface area contributed by atoms with Crippen LogP contribution in [0.1, 0.15) is 34.8 Å². The zero-order chi connectivity index (χ0) is 11.6. The molecule has 0 heterocycles. The molecule has 1 aromatic carbocycles. The Balaban J connectivity index is 3.47. The van der Waals surface area contributed by atoms with Crippen molar-refractivity contribution in [2.75, 3.05) is 0 Å². The molecule has 15 heavy (non-hydrogen) atoms. The van der Waals surface area contributed by atoms with Gasteiger partial charge in [-0.3, -0.25) is 4.79 Å². The number of rotatable bonds is 2. The van der Waals surface area contributed by atoms with Crippen LogP contribution in [0.25, 0.3) is 0 Å². The summed E-state index contributed by atoms with van der Waals surface area (Å²) in [7, 11) is 0. The molecule has 0 aromatic heterocycles. The molecule has 0 aliphatic rings. The first kappa shape index (κ1) is 11.8. The molecule has 0 bridgehead atoms. The van der Waals surface area contributed by atoms with Crippen molar-refractivity contribution in [3.05, 3.63) is 33.3 Å². The molecule has 0 aliphatic carbocycles. The normalized spacial score (nSPS) is 10.1. The standard InChI is InChI=1S/C10H6BrF2NO/c1-5(15)8-3-6(10(12)13)2-7(4-14)9(8)11/h2-3,10H,1H3. The Morgan fingerprint density at radius 1 is 1.53 bits per heavy atom. The highest BCUT2D eigenvalue weighted by Gasteiger charge is 2.16. The fourth-order valence-corrected chi connectivity index (χ4v) is 1.71. The van der Waals surface area contributed by atoms with Gasteiger partial charge in [0.15, 0.2) is 5.78 Å². The number of alkyl halides is 2. The first-order valence-corrected chi connectivity index (χ1v) is 4.79. The van der Waals surface area contributed by atoms with Gasteiger partial charge in [-0.05, 0) is 35.0 Å². The minimum absolute atomic E-state index is 0.0398. The minimum atomic E-state index is -2.69. The Morgan fingerprint density at radius 2 is 2.13 bits per heavy atom. The van der Waals surface area contributed by atoms with Crippen LogP contribution in [0.5, 0.6) is 0 Å². The van der Waals surface area contributed by atoms with Crippen LogP contribution in [0, 0.1) is 11.3 Å². The summed E-state index contributed by atoms with van der Waals surface area (Å²) in [6, 6.07) is 3.92. The number of carbonyl (C=O) groups excluding carboxylic acids is 1. The highest BCUT2D eigenvalue weighted by Crippen LogP contribution is 2.28.